The van der Waals surface area contributed by atoms with Gasteiger partial charge >= 0.3 is 0 Å². The van der Waals surface area contributed by atoms with Crippen molar-refractivity contribution in [3.8, 4) is 0 Å². The van der Waals surface area contributed by atoms with Crippen molar-refractivity contribution in [2.75, 3.05) is 58.9 Å². The van der Waals surface area contributed by atoms with Gasteiger partial charge in [-0.05, 0) is 33.2 Å². The molecule has 22 heavy (non-hydrogen) atoms. The van der Waals surface area contributed by atoms with Crippen molar-refractivity contribution in [3.63, 3.8) is 0 Å². The van der Waals surface area contributed by atoms with Gasteiger partial charge in [0.2, 0.25) is 11.8 Å². The number of nitrogens with zero attached hydrogens (tertiary/aromatic N) is 3. The van der Waals surface area contributed by atoms with Crippen LogP contribution in [0.25, 0.3) is 0 Å². The Morgan fingerprint density at radius 2 is 1.91 bits per heavy atom. The lowest BCUT2D eigenvalue weighted by molar-refractivity contribution is -0.134. The van der Waals surface area contributed by atoms with E-state index >= 15 is 0 Å². The first-order chi connectivity index (χ1) is 10.7. The second-order valence-electron chi connectivity index (χ2n) is 6.21. The average Bonchev–Trinajstić information content (AvgIpc) is 2.95. The zero-order chi connectivity index (χ0) is 15.9. The fraction of sp³-hybridized carbons (Fsp3) is 0.875. The fourth-order valence-corrected chi connectivity index (χ4v) is 3.34. The summed E-state index contributed by atoms with van der Waals surface area (Å²) in [6.45, 7) is 11.1. The van der Waals surface area contributed by atoms with Crippen LogP contribution in [-0.2, 0) is 9.59 Å². The summed E-state index contributed by atoms with van der Waals surface area (Å²) in [4.78, 5) is 30.7. The molecule has 2 aliphatic heterocycles. The van der Waals surface area contributed by atoms with Crippen LogP contribution in [0.4, 0.5) is 0 Å². The van der Waals surface area contributed by atoms with E-state index in [1.54, 1.807) is 0 Å². The second kappa shape index (κ2) is 8.48. The summed E-state index contributed by atoms with van der Waals surface area (Å²) in [5.41, 5.74) is 0. The molecule has 126 valence electrons. The molecule has 6 heteroatoms. The van der Waals surface area contributed by atoms with Gasteiger partial charge < -0.3 is 15.1 Å². The first kappa shape index (κ1) is 17.2. The Balaban J connectivity index is 1.81. The average molecular weight is 310 g/mol. The molecular formula is C16H30N4O2. The molecule has 6 nitrogen and oxygen atoms in total. The zero-order valence-electron chi connectivity index (χ0n) is 14.0. The molecule has 0 radical (unpaired) electrons. The Hall–Kier alpha value is -1.14. The Morgan fingerprint density at radius 3 is 2.55 bits per heavy atom. The number of hydrogen-bond donors (Lipinski definition) is 1. The molecule has 2 heterocycles. The highest BCUT2D eigenvalue weighted by Gasteiger charge is 2.28. The third-order valence-corrected chi connectivity index (χ3v) is 4.78. The SMILES string of the molecule is CCN(CC)C(=O)CN1CCCN(C(=O)C2CCNC2)CC1. The largest absolute Gasteiger partial charge is 0.342 e. The smallest absolute Gasteiger partial charge is 0.236 e. The second-order valence-corrected chi connectivity index (χ2v) is 6.21. The van der Waals surface area contributed by atoms with E-state index in [2.05, 4.69) is 10.2 Å². The molecule has 0 bridgehead atoms. The van der Waals surface area contributed by atoms with Crippen LogP contribution in [0.2, 0.25) is 0 Å². The number of nitrogens with one attached hydrogen (secondary N) is 1. The van der Waals surface area contributed by atoms with Crippen molar-refractivity contribution in [1.82, 2.24) is 20.0 Å². The van der Waals surface area contributed by atoms with Gasteiger partial charge in [-0.3, -0.25) is 14.5 Å². The molecule has 0 saturated carbocycles. The van der Waals surface area contributed by atoms with Gasteiger partial charge in [0.15, 0.2) is 0 Å². The van der Waals surface area contributed by atoms with Crippen LogP contribution in [0, 0.1) is 5.92 Å². The number of carbonyl (C=O) groups excluding carboxylic acids is 2. The predicted octanol–water partition coefficient (Wildman–Crippen LogP) is -0.00140. The lowest BCUT2D eigenvalue weighted by Crippen LogP contribution is -2.42. The minimum absolute atomic E-state index is 0.156. The van der Waals surface area contributed by atoms with E-state index in [-0.39, 0.29) is 11.8 Å². The highest BCUT2D eigenvalue weighted by molar-refractivity contribution is 5.79. The van der Waals surface area contributed by atoms with Crippen LogP contribution in [0.15, 0.2) is 0 Å². The van der Waals surface area contributed by atoms with E-state index in [1.165, 1.54) is 0 Å². The van der Waals surface area contributed by atoms with Crippen LogP contribution >= 0.6 is 0 Å². The van der Waals surface area contributed by atoms with Gasteiger partial charge in [0.25, 0.3) is 0 Å². The highest BCUT2D eigenvalue weighted by Crippen LogP contribution is 2.14. The third kappa shape index (κ3) is 4.43. The molecule has 0 spiro atoms. The molecular weight excluding hydrogens is 280 g/mol. The summed E-state index contributed by atoms with van der Waals surface area (Å²) in [7, 11) is 0. The maximum atomic E-state index is 12.5. The summed E-state index contributed by atoms with van der Waals surface area (Å²) in [6.07, 6.45) is 1.91. The molecule has 2 fully saturated rings. The van der Waals surface area contributed by atoms with Gasteiger partial charge in [0, 0.05) is 45.8 Å². The van der Waals surface area contributed by atoms with Crippen molar-refractivity contribution in [3.05, 3.63) is 0 Å². The van der Waals surface area contributed by atoms with Gasteiger partial charge in [-0.15, -0.1) is 0 Å². The minimum atomic E-state index is 0.156. The molecule has 1 atom stereocenters. The molecule has 2 aliphatic rings. The summed E-state index contributed by atoms with van der Waals surface area (Å²) < 4.78 is 0. The van der Waals surface area contributed by atoms with Gasteiger partial charge in [-0.25, -0.2) is 0 Å². The van der Waals surface area contributed by atoms with E-state index < -0.39 is 0 Å². The highest BCUT2D eigenvalue weighted by atomic mass is 16.2. The summed E-state index contributed by atoms with van der Waals surface area (Å²) in [5, 5.41) is 3.26. The monoisotopic (exact) mass is 310 g/mol. The standard InChI is InChI=1S/C16H30N4O2/c1-3-19(4-2)15(21)13-18-8-5-9-20(11-10-18)16(22)14-6-7-17-12-14/h14,17H,3-13H2,1-2H3. The number of amides is 2. The normalized spacial score (nSPS) is 23.4. The fourth-order valence-electron chi connectivity index (χ4n) is 3.34. The van der Waals surface area contributed by atoms with Crippen molar-refractivity contribution in [1.29, 1.82) is 0 Å². The van der Waals surface area contributed by atoms with Crippen molar-refractivity contribution < 1.29 is 9.59 Å². The Bertz CT molecular complexity index is 378. The van der Waals surface area contributed by atoms with E-state index in [0.717, 1.165) is 65.2 Å². The van der Waals surface area contributed by atoms with Crippen molar-refractivity contribution in [2.45, 2.75) is 26.7 Å². The van der Waals surface area contributed by atoms with E-state index in [1.807, 2.05) is 23.6 Å². The van der Waals surface area contributed by atoms with E-state index in [0.29, 0.717) is 12.5 Å². The van der Waals surface area contributed by atoms with Gasteiger partial charge in [-0.2, -0.15) is 0 Å². The Labute approximate surface area is 133 Å². The van der Waals surface area contributed by atoms with Crippen LogP contribution in [0.3, 0.4) is 0 Å². The summed E-state index contributed by atoms with van der Waals surface area (Å²) >= 11 is 0. The predicted molar refractivity (Wildman–Crippen MR) is 86.5 cm³/mol. The molecule has 0 aromatic carbocycles. The Kier molecular flexibility index (Phi) is 6.64. The molecule has 1 N–H and O–H groups in total. The molecule has 2 saturated heterocycles. The van der Waals surface area contributed by atoms with Crippen LogP contribution in [0.1, 0.15) is 26.7 Å². The number of likely N-dealkylation sites (N-methyl/N-ethyl adjacent to an activating group) is 1. The van der Waals surface area contributed by atoms with Crippen LogP contribution in [0.5, 0.6) is 0 Å². The number of rotatable bonds is 5. The van der Waals surface area contributed by atoms with E-state index in [9.17, 15) is 9.59 Å². The first-order valence-electron chi connectivity index (χ1n) is 8.65. The molecule has 2 rings (SSSR count). The summed E-state index contributed by atoms with van der Waals surface area (Å²) in [6, 6.07) is 0. The zero-order valence-corrected chi connectivity index (χ0v) is 14.0. The van der Waals surface area contributed by atoms with Crippen molar-refractivity contribution >= 4 is 11.8 Å². The van der Waals surface area contributed by atoms with E-state index in [4.69, 9.17) is 0 Å². The summed E-state index contributed by atoms with van der Waals surface area (Å²) in [5.74, 6) is 0.649. The van der Waals surface area contributed by atoms with Crippen LogP contribution in [-0.4, -0.2) is 85.4 Å². The maximum absolute atomic E-state index is 12.5. The van der Waals surface area contributed by atoms with Gasteiger partial charge in [0.05, 0.1) is 12.5 Å². The lowest BCUT2D eigenvalue weighted by Gasteiger charge is -2.26. The molecule has 2 amide bonds. The molecule has 1 unspecified atom stereocenters. The molecule has 0 aliphatic carbocycles. The topological polar surface area (TPSA) is 55.9 Å². The maximum Gasteiger partial charge on any atom is 0.236 e. The molecule has 0 aromatic rings. The Morgan fingerprint density at radius 1 is 1.14 bits per heavy atom. The van der Waals surface area contributed by atoms with Gasteiger partial charge in [0.1, 0.15) is 0 Å². The minimum Gasteiger partial charge on any atom is -0.342 e. The van der Waals surface area contributed by atoms with Gasteiger partial charge in [-0.1, -0.05) is 0 Å². The quantitative estimate of drug-likeness (QED) is 0.776. The molecule has 0 aromatic heterocycles. The van der Waals surface area contributed by atoms with Crippen LogP contribution < -0.4 is 5.32 Å². The van der Waals surface area contributed by atoms with Crippen molar-refractivity contribution in [2.24, 2.45) is 5.92 Å². The number of carbonyl (C=O) groups is 2. The first-order valence-corrected chi connectivity index (χ1v) is 8.65. The third-order valence-electron chi connectivity index (χ3n) is 4.78. The lowest BCUT2D eigenvalue weighted by atomic mass is 10.1. The number of hydrogen-bond acceptors (Lipinski definition) is 4.